The summed E-state index contributed by atoms with van der Waals surface area (Å²) >= 11 is 0. The SMILES string of the molecule is O=C(NNC(=O)[C@@H]1COc2ccccc2O1)c1ccccc1O. The molecule has 0 unspecified atom stereocenters. The van der Waals surface area contributed by atoms with Gasteiger partial charge < -0.3 is 14.6 Å². The van der Waals surface area contributed by atoms with Crippen molar-refractivity contribution in [3.05, 3.63) is 54.1 Å². The number of benzene rings is 2. The largest absolute Gasteiger partial charge is 0.507 e. The number of carbonyl (C=O) groups is 2. The van der Waals surface area contributed by atoms with E-state index in [1.54, 1.807) is 36.4 Å². The van der Waals surface area contributed by atoms with Gasteiger partial charge in [-0.3, -0.25) is 20.4 Å². The molecule has 0 spiro atoms. The third-order valence-corrected chi connectivity index (χ3v) is 3.25. The van der Waals surface area contributed by atoms with Crippen molar-refractivity contribution in [2.75, 3.05) is 6.61 Å². The zero-order valence-electron chi connectivity index (χ0n) is 12.0. The predicted molar refractivity (Wildman–Crippen MR) is 80.1 cm³/mol. The number of ether oxygens (including phenoxy) is 2. The smallest absolute Gasteiger partial charge is 0.283 e. The van der Waals surface area contributed by atoms with E-state index in [1.165, 1.54) is 12.1 Å². The molecule has 0 bridgehead atoms. The lowest BCUT2D eigenvalue weighted by Gasteiger charge is -2.25. The summed E-state index contributed by atoms with van der Waals surface area (Å²) < 4.78 is 10.9. The van der Waals surface area contributed by atoms with Gasteiger partial charge in [-0.05, 0) is 24.3 Å². The minimum atomic E-state index is -0.880. The third kappa shape index (κ3) is 3.18. The van der Waals surface area contributed by atoms with Crippen LogP contribution in [0.3, 0.4) is 0 Å². The highest BCUT2D eigenvalue weighted by atomic mass is 16.6. The number of para-hydroxylation sites is 3. The summed E-state index contributed by atoms with van der Waals surface area (Å²) in [5, 5.41) is 9.59. The predicted octanol–water partition coefficient (Wildman–Crippen LogP) is 0.993. The summed E-state index contributed by atoms with van der Waals surface area (Å²) in [4.78, 5) is 23.9. The summed E-state index contributed by atoms with van der Waals surface area (Å²) in [6.45, 7) is 0.0370. The number of fused-ring (bicyclic) bond motifs is 1. The molecule has 118 valence electrons. The minimum absolute atomic E-state index is 0.0370. The lowest BCUT2D eigenvalue weighted by molar-refractivity contribution is -0.131. The molecule has 0 aliphatic carbocycles. The van der Waals surface area contributed by atoms with Gasteiger partial charge in [0.1, 0.15) is 12.4 Å². The first kappa shape index (κ1) is 14.7. The number of hydrazine groups is 1. The molecule has 0 radical (unpaired) electrons. The van der Waals surface area contributed by atoms with Gasteiger partial charge in [-0.2, -0.15) is 0 Å². The van der Waals surface area contributed by atoms with Gasteiger partial charge in [0.05, 0.1) is 5.56 Å². The molecule has 0 saturated heterocycles. The minimum Gasteiger partial charge on any atom is -0.507 e. The molecule has 0 aromatic heterocycles. The van der Waals surface area contributed by atoms with E-state index in [9.17, 15) is 14.7 Å². The third-order valence-electron chi connectivity index (χ3n) is 3.25. The Kier molecular flexibility index (Phi) is 4.01. The van der Waals surface area contributed by atoms with Crippen molar-refractivity contribution in [3.8, 4) is 17.2 Å². The van der Waals surface area contributed by atoms with Crippen LogP contribution in [0, 0.1) is 0 Å². The summed E-state index contributed by atoms with van der Waals surface area (Å²) in [7, 11) is 0. The topological polar surface area (TPSA) is 96.9 Å². The quantitative estimate of drug-likeness (QED) is 0.718. The maximum absolute atomic E-state index is 12.0. The number of phenols is 1. The number of aromatic hydroxyl groups is 1. The molecule has 1 aliphatic rings. The van der Waals surface area contributed by atoms with Crippen LogP contribution >= 0.6 is 0 Å². The fraction of sp³-hybridized carbons (Fsp3) is 0.125. The standard InChI is InChI=1S/C16H14N2O5/c19-11-6-2-1-5-10(11)15(20)17-18-16(21)14-9-22-12-7-3-4-8-13(12)23-14/h1-8,14,19H,9H2,(H,17,20)(H,18,21)/t14-/m0/s1. The highest BCUT2D eigenvalue weighted by Gasteiger charge is 2.27. The fourth-order valence-corrected chi connectivity index (χ4v) is 2.08. The van der Waals surface area contributed by atoms with E-state index >= 15 is 0 Å². The molecule has 0 fully saturated rings. The number of nitrogens with one attached hydrogen (secondary N) is 2. The van der Waals surface area contributed by atoms with Gasteiger partial charge >= 0.3 is 0 Å². The lowest BCUT2D eigenvalue weighted by Crippen LogP contribution is -2.50. The average molecular weight is 314 g/mol. The van der Waals surface area contributed by atoms with Crippen LogP contribution in [-0.2, 0) is 4.79 Å². The van der Waals surface area contributed by atoms with Gasteiger partial charge in [-0.15, -0.1) is 0 Å². The molecule has 7 nitrogen and oxygen atoms in total. The molecule has 3 N–H and O–H groups in total. The zero-order valence-corrected chi connectivity index (χ0v) is 12.0. The molecule has 2 amide bonds. The molecule has 2 aromatic rings. The van der Waals surface area contributed by atoms with Crippen LogP contribution in [0.5, 0.6) is 17.2 Å². The molecule has 2 aromatic carbocycles. The second kappa shape index (κ2) is 6.27. The van der Waals surface area contributed by atoms with Crippen molar-refractivity contribution in [2.45, 2.75) is 6.10 Å². The second-order valence-corrected chi connectivity index (χ2v) is 4.82. The van der Waals surface area contributed by atoms with Gasteiger partial charge in [0.15, 0.2) is 11.5 Å². The Bertz CT molecular complexity index is 747. The van der Waals surface area contributed by atoms with E-state index < -0.39 is 17.9 Å². The van der Waals surface area contributed by atoms with E-state index in [4.69, 9.17) is 9.47 Å². The number of hydrogen-bond donors (Lipinski definition) is 3. The van der Waals surface area contributed by atoms with Crippen molar-refractivity contribution in [3.63, 3.8) is 0 Å². The number of carbonyl (C=O) groups excluding carboxylic acids is 2. The molecular weight excluding hydrogens is 300 g/mol. The van der Waals surface area contributed by atoms with Crippen LogP contribution in [0.1, 0.15) is 10.4 Å². The Morgan fingerprint density at radius 1 is 1.00 bits per heavy atom. The average Bonchev–Trinajstić information content (AvgIpc) is 2.59. The molecule has 1 heterocycles. The van der Waals surface area contributed by atoms with Gasteiger partial charge in [0, 0.05) is 0 Å². The molecule has 1 aliphatic heterocycles. The van der Waals surface area contributed by atoms with Gasteiger partial charge in [0.2, 0.25) is 6.10 Å². The van der Waals surface area contributed by atoms with Crippen molar-refractivity contribution < 1.29 is 24.2 Å². The molecule has 7 heteroatoms. The van der Waals surface area contributed by atoms with E-state index in [1.807, 2.05) is 0 Å². The Labute approximate surface area is 131 Å². The molecular formula is C16H14N2O5. The monoisotopic (exact) mass is 314 g/mol. The first-order chi connectivity index (χ1) is 11.1. The van der Waals surface area contributed by atoms with Crippen molar-refractivity contribution >= 4 is 11.8 Å². The number of amides is 2. The van der Waals surface area contributed by atoms with E-state index in [2.05, 4.69) is 10.9 Å². The normalized spacial score (nSPS) is 15.6. The first-order valence-electron chi connectivity index (χ1n) is 6.92. The van der Waals surface area contributed by atoms with Crippen LogP contribution in [0.15, 0.2) is 48.5 Å². The van der Waals surface area contributed by atoms with Crippen LogP contribution in [-0.4, -0.2) is 29.6 Å². The summed E-state index contributed by atoms with van der Waals surface area (Å²) in [6.07, 6.45) is -0.880. The molecule has 23 heavy (non-hydrogen) atoms. The lowest BCUT2D eigenvalue weighted by atomic mass is 10.2. The van der Waals surface area contributed by atoms with Crippen LogP contribution in [0.4, 0.5) is 0 Å². The van der Waals surface area contributed by atoms with Crippen molar-refractivity contribution in [1.82, 2.24) is 10.9 Å². The van der Waals surface area contributed by atoms with Gasteiger partial charge in [-0.25, -0.2) is 0 Å². The van der Waals surface area contributed by atoms with Gasteiger partial charge in [0.25, 0.3) is 11.8 Å². The Morgan fingerprint density at radius 2 is 1.70 bits per heavy atom. The van der Waals surface area contributed by atoms with Gasteiger partial charge in [-0.1, -0.05) is 24.3 Å². The zero-order chi connectivity index (χ0) is 16.2. The number of hydrogen-bond acceptors (Lipinski definition) is 5. The molecule has 3 rings (SSSR count). The fourth-order valence-electron chi connectivity index (χ4n) is 2.08. The highest BCUT2D eigenvalue weighted by Crippen LogP contribution is 2.30. The van der Waals surface area contributed by atoms with Crippen LogP contribution in [0.2, 0.25) is 0 Å². The first-order valence-corrected chi connectivity index (χ1v) is 6.92. The van der Waals surface area contributed by atoms with Crippen molar-refractivity contribution in [2.24, 2.45) is 0 Å². The number of rotatable bonds is 2. The maximum atomic E-state index is 12.0. The van der Waals surface area contributed by atoms with Crippen molar-refractivity contribution in [1.29, 1.82) is 0 Å². The highest BCUT2D eigenvalue weighted by molar-refractivity contribution is 5.98. The summed E-state index contributed by atoms with van der Waals surface area (Å²) in [6, 6.07) is 13.0. The Hall–Kier alpha value is -3.22. The molecule has 1 atom stereocenters. The van der Waals surface area contributed by atoms with E-state index in [0.29, 0.717) is 11.5 Å². The van der Waals surface area contributed by atoms with E-state index in [0.717, 1.165) is 0 Å². The Balaban J connectivity index is 1.58. The van der Waals surface area contributed by atoms with Crippen LogP contribution in [0.25, 0.3) is 0 Å². The molecule has 0 saturated carbocycles. The maximum Gasteiger partial charge on any atom is 0.283 e. The van der Waals surface area contributed by atoms with Crippen LogP contribution < -0.4 is 20.3 Å². The summed E-state index contributed by atoms with van der Waals surface area (Å²) in [5.41, 5.74) is 4.54. The Morgan fingerprint density at radius 3 is 2.48 bits per heavy atom. The number of phenolic OH excluding ortho intramolecular Hbond substituents is 1. The van der Waals surface area contributed by atoms with E-state index in [-0.39, 0.29) is 17.9 Å². The summed E-state index contributed by atoms with van der Waals surface area (Å²) in [5.74, 6) is -0.331. The second-order valence-electron chi connectivity index (χ2n) is 4.82.